The van der Waals surface area contributed by atoms with Crippen molar-refractivity contribution < 1.29 is 12.8 Å². The molecule has 0 unspecified atom stereocenters. The number of hydrogen-bond donors (Lipinski definition) is 1. The van der Waals surface area contributed by atoms with E-state index >= 15 is 0 Å². The molecule has 0 spiro atoms. The molecule has 0 saturated carbocycles. The summed E-state index contributed by atoms with van der Waals surface area (Å²) in [6.07, 6.45) is 1.67. The van der Waals surface area contributed by atoms with Crippen molar-refractivity contribution in [3.63, 3.8) is 0 Å². The second-order valence-electron chi connectivity index (χ2n) is 4.77. The molecule has 7 heteroatoms. The molecule has 0 aliphatic rings. The van der Waals surface area contributed by atoms with Gasteiger partial charge < -0.3 is 0 Å². The standard InChI is InChI=1S/C16H13FN2O2S2/c17-13-5-7-14(8-6-13)23(20,21)19-11-12-3-1-9-18-16(12)15-4-2-10-22-15/h1-10,19H,11H2. The minimum atomic E-state index is -3.70. The number of aromatic nitrogens is 1. The average Bonchev–Trinajstić information content (AvgIpc) is 3.08. The second-order valence-corrected chi connectivity index (χ2v) is 7.48. The average molecular weight is 348 g/mol. The lowest BCUT2D eigenvalue weighted by Crippen LogP contribution is -2.23. The van der Waals surface area contributed by atoms with Gasteiger partial charge in [-0.25, -0.2) is 17.5 Å². The highest BCUT2D eigenvalue weighted by Crippen LogP contribution is 2.26. The Labute approximate surface area is 137 Å². The number of halogens is 1. The summed E-state index contributed by atoms with van der Waals surface area (Å²) < 4.78 is 40.0. The number of thiophene rings is 1. The van der Waals surface area contributed by atoms with E-state index in [9.17, 15) is 12.8 Å². The van der Waals surface area contributed by atoms with Crippen LogP contribution in [-0.4, -0.2) is 13.4 Å². The van der Waals surface area contributed by atoms with Crippen molar-refractivity contribution in [2.75, 3.05) is 0 Å². The zero-order chi connectivity index (χ0) is 16.3. The molecule has 118 valence electrons. The van der Waals surface area contributed by atoms with Crippen LogP contribution >= 0.6 is 11.3 Å². The van der Waals surface area contributed by atoms with E-state index < -0.39 is 15.8 Å². The molecule has 1 N–H and O–H groups in total. The number of pyridine rings is 1. The third kappa shape index (κ3) is 3.64. The van der Waals surface area contributed by atoms with E-state index in [1.54, 1.807) is 23.6 Å². The lowest BCUT2D eigenvalue weighted by molar-refractivity contribution is 0.580. The summed E-state index contributed by atoms with van der Waals surface area (Å²) in [6, 6.07) is 12.2. The van der Waals surface area contributed by atoms with Gasteiger partial charge in [0.2, 0.25) is 10.0 Å². The smallest absolute Gasteiger partial charge is 0.240 e. The molecule has 3 rings (SSSR count). The minimum Gasteiger partial charge on any atom is -0.255 e. The third-order valence-electron chi connectivity index (χ3n) is 3.22. The largest absolute Gasteiger partial charge is 0.255 e. The highest BCUT2D eigenvalue weighted by Gasteiger charge is 2.15. The minimum absolute atomic E-state index is 0.0282. The molecule has 0 aliphatic heterocycles. The number of nitrogens with one attached hydrogen (secondary N) is 1. The van der Waals surface area contributed by atoms with Crippen LogP contribution in [0.3, 0.4) is 0 Å². The van der Waals surface area contributed by atoms with Crippen LogP contribution in [-0.2, 0) is 16.6 Å². The summed E-state index contributed by atoms with van der Waals surface area (Å²) in [4.78, 5) is 5.33. The molecule has 0 bridgehead atoms. The molecule has 23 heavy (non-hydrogen) atoms. The number of sulfonamides is 1. The summed E-state index contributed by atoms with van der Waals surface area (Å²) in [5, 5.41) is 1.94. The van der Waals surface area contributed by atoms with Crippen molar-refractivity contribution in [1.82, 2.24) is 9.71 Å². The van der Waals surface area contributed by atoms with Gasteiger partial charge >= 0.3 is 0 Å². The Hall–Kier alpha value is -2.09. The van der Waals surface area contributed by atoms with Crippen LogP contribution in [0.15, 0.2) is 65.0 Å². The Morgan fingerprint density at radius 3 is 2.57 bits per heavy atom. The topological polar surface area (TPSA) is 59.1 Å². The molecular weight excluding hydrogens is 335 g/mol. The Morgan fingerprint density at radius 2 is 1.87 bits per heavy atom. The van der Waals surface area contributed by atoms with Crippen molar-refractivity contribution in [3.05, 3.63) is 71.5 Å². The Kier molecular flexibility index (Phi) is 4.51. The van der Waals surface area contributed by atoms with E-state index in [1.807, 2.05) is 23.6 Å². The van der Waals surface area contributed by atoms with Gasteiger partial charge in [0.15, 0.2) is 0 Å². The SMILES string of the molecule is O=S(=O)(NCc1cccnc1-c1cccs1)c1ccc(F)cc1. The summed E-state index contributed by atoms with van der Waals surface area (Å²) in [5.74, 6) is -0.476. The molecule has 0 aliphatic carbocycles. The van der Waals surface area contributed by atoms with Gasteiger partial charge in [-0.2, -0.15) is 0 Å². The van der Waals surface area contributed by atoms with E-state index in [4.69, 9.17) is 0 Å². The lowest BCUT2D eigenvalue weighted by Gasteiger charge is -2.09. The molecule has 2 aromatic heterocycles. The quantitative estimate of drug-likeness (QED) is 0.768. The molecule has 0 radical (unpaired) electrons. The fourth-order valence-electron chi connectivity index (χ4n) is 2.09. The van der Waals surface area contributed by atoms with Crippen LogP contribution in [0.2, 0.25) is 0 Å². The fraction of sp³-hybridized carbons (Fsp3) is 0.0625. The van der Waals surface area contributed by atoms with Crippen LogP contribution in [0, 0.1) is 5.82 Å². The first-order chi connectivity index (χ1) is 11.1. The van der Waals surface area contributed by atoms with Gasteiger partial charge in [-0.1, -0.05) is 12.1 Å². The van der Waals surface area contributed by atoms with Gasteiger partial charge in [0.25, 0.3) is 0 Å². The van der Waals surface area contributed by atoms with Crippen molar-refractivity contribution in [1.29, 1.82) is 0 Å². The van der Waals surface area contributed by atoms with E-state index in [1.165, 1.54) is 12.1 Å². The van der Waals surface area contributed by atoms with Crippen LogP contribution in [0.5, 0.6) is 0 Å². The first-order valence-corrected chi connectivity index (χ1v) is 9.15. The molecule has 0 atom stereocenters. The van der Waals surface area contributed by atoms with Gasteiger partial charge in [0, 0.05) is 12.7 Å². The summed E-state index contributed by atoms with van der Waals surface area (Å²) in [5.41, 5.74) is 1.53. The van der Waals surface area contributed by atoms with Crippen LogP contribution in [0.1, 0.15) is 5.56 Å². The Bertz CT molecular complexity index is 892. The summed E-state index contributed by atoms with van der Waals surface area (Å²) in [6.45, 7) is 0.112. The van der Waals surface area contributed by atoms with Gasteiger partial charge in [0.1, 0.15) is 5.82 Å². The molecule has 2 heterocycles. The maximum absolute atomic E-state index is 12.9. The maximum Gasteiger partial charge on any atom is 0.240 e. The van der Waals surface area contributed by atoms with Crippen LogP contribution < -0.4 is 4.72 Å². The highest BCUT2D eigenvalue weighted by molar-refractivity contribution is 7.89. The normalized spacial score (nSPS) is 11.5. The van der Waals surface area contributed by atoms with Gasteiger partial charge in [-0.05, 0) is 47.3 Å². The fourth-order valence-corrected chi connectivity index (χ4v) is 3.85. The molecule has 0 saturated heterocycles. The van der Waals surface area contributed by atoms with E-state index in [0.717, 1.165) is 28.3 Å². The van der Waals surface area contributed by atoms with Crippen molar-refractivity contribution in [3.8, 4) is 10.6 Å². The van der Waals surface area contributed by atoms with Crippen LogP contribution in [0.25, 0.3) is 10.6 Å². The number of nitrogens with zero attached hydrogens (tertiary/aromatic N) is 1. The van der Waals surface area contributed by atoms with Crippen LogP contribution in [0.4, 0.5) is 4.39 Å². The number of rotatable bonds is 5. The third-order valence-corrected chi connectivity index (χ3v) is 5.52. The molecular formula is C16H13FN2O2S2. The summed E-state index contributed by atoms with van der Waals surface area (Å²) in [7, 11) is -3.70. The first-order valence-electron chi connectivity index (χ1n) is 6.79. The van der Waals surface area contributed by atoms with Gasteiger partial charge in [-0.15, -0.1) is 11.3 Å². The van der Waals surface area contributed by atoms with Crippen molar-refractivity contribution in [2.24, 2.45) is 0 Å². The zero-order valence-corrected chi connectivity index (χ0v) is 13.6. The molecule has 4 nitrogen and oxygen atoms in total. The predicted molar refractivity (Wildman–Crippen MR) is 88.0 cm³/mol. The van der Waals surface area contributed by atoms with Crippen molar-refractivity contribution >= 4 is 21.4 Å². The summed E-state index contributed by atoms with van der Waals surface area (Å²) >= 11 is 1.54. The second kappa shape index (κ2) is 6.57. The van der Waals surface area contributed by atoms with Crippen molar-refractivity contribution in [2.45, 2.75) is 11.4 Å². The van der Waals surface area contributed by atoms with E-state index in [0.29, 0.717) is 0 Å². The van der Waals surface area contributed by atoms with E-state index in [2.05, 4.69) is 9.71 Å². The number of hydrogen-bond acceptors (Lipinski definition) is 4. The molecule has 3 aromatic rings. The Balaban J connectivity index is 1.82. The first kappa shape index (κ1) is 15.8. The Morgan fingerprint density at radius 1 is 1.09 bits per heavy atom. The lowest BCUT2D eigenvalue weighted by atomic mass is 10.2. The zero-order valence-electron chi connectivity index (χ0n) is 11.9. The molecule has 1 aromatic carbocycles. The number of benzene rings is 1. The van der Waals surface area contributed by atoms with E-state index in [-0.39, 0.29) is 11.4 Å². The predicted octanol–water partition coefficient (Wildman–Crippen LogP) is 3.43. The van der Waals surface area contributed by atoms with Gasteiger partial charge in [-0.3, -0.25) is 4.98 Å². The molecule has 0 fully saturated rings. The maximum atomic E-state index is 12.9. The highest BCUT2D eigenvalue weighted by atomic mass is 32.2. The molecule has 0 amide bonds. The monoisotopic (exact) mass is 348 g/mol. The van der Waals surface area contributed by atoms with Gasteiger partial charge in [0.05, 0.1) is 15.5 Å².